The lowest BCUT2D eigenvalue weighted by atomic mass is 10.2. The molecule has 1 aromatic rings. The van der Waals surface area contributed by atoms with Gasteiger partial charge in [-0.05, 0) is 30.5 Å². The zero-order chi connectivity index (χ0) is 13.1. The summed E-state index contributed by atoms with van der Waals surface area (Å²) in [7, 11) is 3.48. The number of nitrogens with two attached hydrogens (primary N) is 1. The molecular formula is C13H20IN3O2. The number of aromatic hydroxyl groups is 1. The molecule has 1 fully saturated rings. The van der Waals surface area contributed by atoms with Gasteiger partial charge in [-0.2, -0.15) is 0 Å². The van der Waals surface area contributed by atoms with Crippen molar-refractivity contribution < 1.29 is 9.84 Å². The van der Waals surface area contributed by atoms with Gasteiger partial charge in [-0.25, -0.2) is 4.99 Å². The molecule has 2 rings (SSSR count). The van der Waals surface area contributed by atoms with E-state index in [0.29, 0.717) is 24.3 Å². The van der Waals surface area contributed by atoms with Gasteiger partial charge in [0.25, 0.3) is 0 Å². The SMILES string of the molecule is COc1ccc(CN=C(N)N(C)C2CC2)cc1O.I. The molecular weight excluding hydrogens is 357 g/mol. The molecule has 1 aromatic carbocycles. The lowest BCUT2D eigenvalue weighted by Gasteiger charge is -2.16. The second kappa shape index (κ2) is 6.83. The van der Waals surface area contributed by atoms with Crippen LogP contribution >= 0.6 is 24.0 Å². The van der Waals surface area contributed by atoms with E-state index in [1.807, 2.05) is 18.0 Å². The van der Waals surface area contributed by atoms with E-state index in [-0.39, 0.29) is 29.7 Å². The summed E-state index contributed by atoms with van der Waals surface area (Å²) in [6.45, 7) is 0.459. The molecule has 0 unspecified atom stereocenters. The number of phenolic OH excluding ortho intramolecular Hbond substituents is 1. The molecule has 1 aliphatic rings. The Morgan fingerprint density at radius 2 is 2.21 bits per heavy atom. The fraction of sp³-hybridized carbons (Fsp3) is 0.462. The van der Waals surface area contributed by atoms with Crippen molar-refractivity contribution in [3.05, 3.63) is 23.8 Å². The maximum atomic E-state index is 9.65. The van der Waals surface area contributed by atoms with Crippen LogP contribution in [-0.2, 0) is 6.54 Å². The molecule has 0 aromatic heterocycles. The van der Waals surface area contributed by atoms with Crippen molar-refractivity contribution in [1.29, 1.82) is 0 Å². The molecule has 0 saturated heterocycles. The molecule has 5 nitrogen and oxygen atoms in total. The zero-order valence-electron chi connectivity index (χ0n) is 11.2. The number of hydrogen-bond donors (Lipinski definition) is 2. The van der Waals surface area contributed by atoms with Crippen molar-refractivity contribution in [2.75, 3.05) is 14.2 Å². The van der Waals surface area contributed by atoms with Crippen LogP contribution in [-0.4, -0.2) is 36.2 Å². The first-order chi connectivity index (χ1) is 8.61. The third-order valence-electron chi connectivity index (χ3n) is 3.12. The van der Waals surface area contributed by atoms with Crippen molar-refractivity contribution in [3.63, 3.8) is 0 Å². The van der Waals surface area contributed by atoms with Crippen LogP contribution in [0, 0.1) is 0 Å². The second-order valence-corrected chi connectivity index (χ2v) is 4.52. The molecule has 0 atom stereocenters. The highest BCUT2D eigenvalue weighted by atomic mass is 127. The minimum atomic E-state index is 0. The maximum absolute atomic E-state index is 9.65. The van der Waals surface area contributed by atoms with E-state index in [9.17, 15) is 5.11 Å². The summed E-state index contributed by atoms with van der Waals surface area (Å²) in [6, 6.07) is 5.79. The summed E-state index contributed by atoms with van der Waals surface area (Å²) < 4.78 is 4.98. The minimum absolute atomic E-state index is 0. The number of halogens is 1. The number of ether oxygens (including phenoxy) is 1. The van der Waals surface area contributed by atoms with Crippen LogP contribution in [0.25, 0.3) is 0 Å². The van der Waals surface area contributed by atoms with Crippen molar-refractivity contribution in [2.24, 2.45) is 10.7 Å². The molecule has 0 heterocycles. The van der Waals surface area contributed by atoms with Crippen molar-refractivity contribution >= 4 is 29.9 Å². The first-order valence-electron chi connectivity index (χ1n) is 6.00. The molecule has 0 spiro atoms. The monoisotopic (exact) mass is 377 g/mol. The van der Waals surface area contributed by atoms with E-state index < -0.39 is 0 Å². The molecule has 0 aliphatic heterocycles. The van der Waals surface area contributed by atoms with E-state index in [2.05, 4.69) is 4.99 Å². The fourth-order valence-corrected chi connectivity index (χ4v) is 1.77. The molecule has 6 heteroatoms. The van der Waals surface area contributed by atoms with Crippen LogP contribution in [0.2, 0.25) is 0 Å². The van der Waals surface area contributed by atoms with Crippen LogP contribution < -0.4 is 10.5 Å². The van der Waals surface area contributed by atoms with Crippen LogP contribution in [0.15, 0.2) is 23.2 Å². The van der Waals surface area contributed by atoms with Crippen LogP contribution in [0.3, 0.4) is 0 Å². The largest absolute Gasteiger partial charge is 0.504 e. The normalized spacial score (nSPS) is 14.7. The Kier molecular flexibility index (Phi) is 5.71. The maximum Gasteiger partial charge on any atom is 0.191 e. The summed E-state index contributed by atoms with van der Waals surface area (Å²) in [5.41, 5.74) is 6.79. The molecule has 106 valence electrons. The van der Waals surface area contributed by atoms with Crippen LogP contribution in [0.4, 0.5) is 0 Å². The number of nitrogens with zero attached hydrogens (tertiary/aromatic N) is 2. The summed E-state index contributed by atoms with van der Waals surface area (Å²) in [5.74, 6) is 1.14. The summed E-state index contributed by atoms with van der Waals surface area (Å²) in [4.78, 5) is 6.32. The van der Waals surface area contributed by atoms with Crippen LogP contribution in [0.1, 0.15) is 18.4 Å². The Hall–Kier alpha value is -1.18. The van der Waals surface area contributed by atoms with Gasteiger partial charge in [-0.1, -0.05) is 6.07 Å². The van der Waals surface area contributed by atoms with E-state index >= 15 is 0 Å². The predicted octanol–water partition coefficient (Wildman–Crippen LogP) is 1.93. The number of phenols is 1. The Morgan fingerprint density at radius 3 is 2.74 bits per heavy atom. The lowest BCUT2D eigenvalue weighted by molar-refractivity contribution is 0.373. The number of rotatable bonds is 4. The Balaban J connectivity index is 0.00000180. The first kappa shape index (κ1) is 15.9. The first-order valence-corrected chi connectivity index (χ1v) is 6.00. The minimum Gasteiger partial charge on any atom is -0.504 e. The number of benzene rings is 1. The van der Waals surface area contributed by atoms with Gasteiger partial charge in [0.15, 0.2) is 17.5 Å². The van der Waals surface area contributed by atoms with Crippen molar-refractivity contribution in [2.45, 2.75) is 25.4 Å². The Bertz CT molecular complexity index is 461. The average Bonchev–Trinajstić information content (AvgIpc) is 3.19. The van der Waals surface area contributed by atoms with Gasteiger partial charge in [0.2, 0.25) is 0 Å². The van der Waals surface area contributed by atoms with E-state index in [4.69, 9.17) is 10.5 Å². The molecule has 0 radical (unpaired) electrons. The van der Waals surface area contributed by atoms with E-state index in [1.165, 1.54) is 20.0 Å². The highest BCUT2D eigenvalue weighted by molar-refractivity contribution is 14.0. The van der Waals surface area contributed by atoms with Gasteiger partial charge >= 0.3 is 0 Å². The molecule has 0 amide bonds. The van der Waals surface area contributed by atoms with E-state index in [1.54, 1.807) is 12.1 Å². The second-order valence-electron chi connectivity index (χ2n) is 4.52. The quantitative estimate of drug-likeness (QED) is 0.478. The number of aliphatic imine (C=N–C) groups is 1. The number of hydrogen-bond acceptors (Lipinski definition) is 3. The van der Waals surface area contributed by atoms with Gasteiger partial charge in [0.1, 0.15) is 0 Å². The highest BCUT2D eigenvalue weighted by Gasteiger charge is 2.27. The van der Waals surface area contributed by atoms with Crippen molar-refractivity contribution in [1.82, 2.24) is 4.90 Å². The van der Waals surface area contributed by atoms with Gasteiger partial charge in [-0.3, -0.25) is 0 Å². The van der Waals surface area contributed by atoms with Gasteiger partial charge < -0.3 is 20.5 Å². The van der Waals surface area contributed by atoms with Gasteiger partial charge in [0.05, 0.1) is 13.7 Å². The topological polar surface area (TPSA) is 71.1 Å². The average molecular weight is 377 g/mol. The molecule has 1 saturated carbocycles. The molecule has 19 heavy (non-hydrogen) atoms. The standard InChI is InChI=1S/C13H19N3O2.HI/c1-16(10-4-5-10)13(14)15-8-9-3-6-12(18-2)11(17)7-9;/h3,6-7,10,17H,4-5,8H2,1-2H3,(H2,14,15);1H. The Morgan fingerprint density at radius 1 is 1.53 bits per heavy atom. The number of methoxy groups -OCH3 is 1. The smallest absolute Gasteiger partial charge is 0.191 e. The van der Waals surface area contributed by atoms with Gasteiger partial charge in [0, 0.05) is 13.1 Å². The third-order valence-corrected chi connectivity index (χ3v) is 3.12. The molecule has 1 aliphatic carbocycles. The summed E-state index contributed by atoms with van der Waals surface area (Å²) >= 11 is 0. The highest BCUT2D eigenvalue weighted by Crippen LogP contribution is 2.27. The number of guanidine groups is 1. The van der Waals surface area contributed by atoms with Crippen molar-refractivity contribution in [3.8, 4) is 11.5 Å². The third kappa shape index (κ3) is 4.15. The van der Waals surface area contributed by atoms with Gasteiger partial charge in [-0.15, -0.1) is 24.0 Å². The zero-order valence-corrected chi connectivity index (χ0v) is 13.5. The summed E-state index contributed by atoms with van der Waals surface area (Å²) in [6.07, 6.45) is 2.38. The molecule has 0 bridgehead atoms. The van der Waals surface area contributed by atoms with E-state index in [0.717, 1.165) is 5.56 Å². The Labute approximate surface area is 130 Å². The predicted molar refractivity (Wildman–Crippen MR) is 86.2 cm³/mol. The molecule has 3 N–H and O–H groups in total. The van der Waals surface area contributed by atoms with Crippen LogP contribution in [0.5, 0.6) is 11.5 Å². The summed E-state index contributed by atoms with van der Waals surface area (Å²) in [5, 5.41) is 9.65. The fourth-order valence-electron chi connectivity index (χ4n) is 1.77. The lowest BCUT2D eigenvalue weighted by Crippen LogP contribution is -2.35.